The van der Waals surface area contributed by atoms with Crippen molar-refractivity contribution >= 4 is 57.4 Å². The molecule has 0 bridgehead atoms. The molecule has 0 saturated carbocycles. The average molecular weight is 901 g/mol. The molecule has 0 amide bonds. The Bertz CT molecular complexity index is 3150. The van der Waals surface area contributed by atoms with Crippen molar-refractivity contribution in [3.63, 3.8) is 0 Å². The van der Waals surface area contributed by atoms with Gasteiger partial charge in [-0.2, -0.15) is 0 Å². The van der Waals surface area contributed by atoms with Crippen LogP contribution in [0.15, 0.2) is 255 Å². The number of rotatable bonds is 13. The zero-order valence-corrected chi connectivity index (χ0v) is 40.3. The van der Waals surface area contributed by atoms with E-state index >= 15 is 0 Å². The Morgan fingerprint density at radius 2 is 0.571 bits per heavy atom. The highest BCUT2D eigenvalue weighted by atomic mass is 15.1. The first kappa shape index (κ1) is 45.1. The van der Waals surface area contributed by atoms with Crippen LogP contribution < -0.4 is 9.80 Å². The Kier molecular flexibility index (Phi) is 13.3. The van der Waals surface area contributed by atoms with Crippen molar-refractivity contribution in [2.45, 2.75) is 27.7 Å². The van der Waals surface area contributed by atoms with Gasteiger partial charge in [0.1, 0.15) is 0 Å². The van der Waals surface area contributed by atoms with Gasteiger partial charge in [0.25, 0.3) is 0 Å². The van der Waals surface area contributed by atoms with Crippen molar-refractivity contribution in [1.82, 2.24) is 0 Å². The maximum Gasteiger partial charge on any atom is 0.0464 e. The molecule has 0 aliphatic heterocycles. The van der Waals surface area contributed by atoms with E-state index < -0.39 is 0 Å². The van der Waals surface area contributed by atoms with E-state index in [2.05, 4.69) is 304 Å². The van der Waals surface area contributed by atoms with Gasteiger partial charge in [0.05, 0.1) is 0 Å². The molecule has 70 heavy (non-hydrogen) atoms. The first-order chi connectivity index (χ1) is 34.3. The normalized spacial score (nSPS) is 11.6. The molecule has 10 aromatic rings. The predicted octanol–water partition coefficient (Wildman–Crippen LogP) is 18.7. The fourth-order valence-corrected chi connectivity index (χ4v) is 9.18. The summed E-state index contributed by atoms with van der Waals surface area (Å²) in [4.78, 5) is 4.69. The molecule has 0 aliphatic carbocycles. The van der Waals surface area contributed by atoms with E-state index in [0.29, 0.717) is 0 Å². The quantitative estimate of drug-likeness (QED) is 0.106. The van der Waals surface area contributed by atoms with Crippen LogP contribution in [-0.2, 0) is 0 Å². The molecule has 0 unspecified atom stereocenters. The van der Waals surface area contributed by atoms with Gasteiger partial charge in [-0.1, -0.05) is 193 Å². The molecule has 0 N–H and O–H groups in total. The summed E-state index contributed by atoms with van der Waals surface area (Å²) >= 11 is 0. The molecule has 10 aromatic carbocycles. The summed E-state index contributed by atoms with van der Waals surface area (Å²) in [5.74, 6) is 0. The summed E-state index contributed by atoms with van der Waals surface area (Å²) in [6, 6.07) is 92.1. The minimum absolute atomic E-state index is 1.09. The highest BCUT2D eigenvalue weighted by Gasteiger charge is 2.16. The van der Waals surface area contributed by atoms with Crippen molar-refractivity contribution in [3.8, 4) is 11.1 Å². The Morgan fingerprint density at radius 1 is 0.257 bits per heavy atom. The molecule has 2 nitrogen and oxygen atoms in total. The van der Waals surface area contributed by atoms with Gasteiger partial charge >= 0.3 is 0 Å². The second-order valence-corrected chi connectivity index (χ2v) is 18.2. The average Bonchev–Trinajstić information content (AvgIpc) is 3.40. The number of anilines is 6. The third kappa shape index (κ3) is 10.4. The predicted molar refractivity (Wildman–Crippen MR) is 300 cm³/mol. The Labute approximate surface area is 414 Å². The zero-order chi connectivity index (χ0) is 47.8. The largest absolute Gasteiger partial charge is 0.310 e. The second kappa shape index (κ2) is 20.7. The summed E-state index contributed by atoms with van der Waals surface area (Å²) in [5, 5.41) is 0. The van der Waals surface area contributed by atoms with Crippen LogP contribution in [0.4, 0.5) is 34.1 Å². The standard InChI is InChI=1S/C68H56N2/c1-49-21-29-59(30-22-49)67(57-15-7-5-8-16-57)47-53-25-37-61(38-26-53)69(65-19-11-13-51(3)45-65)63-41-33-55(34-42-63)56-35-43-64(44-36-56)70(66-20-12-14-52(4)46-66)62-39-27-54(28-40-62)48-68(58-17-9-6-10-18-58)60-31-23-50(2)24-32-60/h5-48H,1-4H3/b67-47+,68-48+. The van der Waals surface area contributed by atoms with E-state index in [1.807, 2.05) is 0 Å². The lowest BCUT2D eigenvalue weighted by Gasteiger charge is -2.27. The van der Waals surface area contributed by atoms with Gasteiger partial charge in [-0.25, -0.2) is 0 Å². The lowest BCUT2D eigenvalue weighted by molar-refractivity contribution is 1.27. The molecular weight excluding hydrogens is 845 g/mol. The van der Waals surface area contributed by atoms with Crippen LogP contribution in [0.3, 0.4) is 0 Å². The molecular formula is C68H56N2. The monoisotopic (exact) mass is 900 g/mol. The molecule has 0 radical (unpaired) electrons. The number of hydrogen-bond donors (Lipinski definition) is 0. The van der Waals surface area contributed by atoms with Gasteiger partial charge in [0.15, 0.2) is 0 Å². The van der Waals surface area contributed by atoms with Crippen LogP contribution in [-0.4, -0.2) is 0 Å². The molecule has 0 saturated heterocycles. The van der Waals surface area contributed by atoms with Crippen molar-refractivity contribution in [2.24, 2.45) is 0 Å². The maximum absolute atomic E-state index is 2.34. The molecule has 0 aromatic heterocycles. The smallest absolute Gasteiger partial charge is 0.0464 e. The summed E-state index contributed by atoms with van der Waals surface area (Å²) < 4.78 is 0. The molecule has 2 heteroatoms. The molecule has 10 rings (SSSR count). The van der Waals surface area contributed by atoms with Crippen LogP contribution in [0.1, 0.15) is 55.6 Å². The Hall–Kier alpha value is -8.72. The topological polar surface area (TPSA) is 6.48 Å². The summed E-state index contributed by atoms with van der Waals surface area (Å²) in [6.07, 6.45) is 4.59. The van der Waals surface area contributed by atoms with Gasteiger partial charge in [0, 0.05) is 34.1 Å². The lowest BCUT2D eigenvalue weighted by Crippen LogP contribution is -2.10. The van der Waals surface area contributed by atoms with Crippen molar-refractivity contribution in [2.75, 3.05) is 9.80 Å². The first-order valence-electron chi connectivity index (χ1n) is 24.1. The van der Waals surface area contributed by atoms with Crippen molar-refractivity contribution in [1.29, 1.82) is 0 Å². The molecule has 0 heterocycles. The van der Waals surface area contributed by atoms with E-state index in [9.17, 15) is 0 Å². The van der Waals surface area contributed by atoms with Crippen LogP contribution in [0.25, 0.3) is 34.4 Å². The highest BCUT2D eigenvalue weighted by molar-refractivity contribution is 5.93. The maximum atomic E-state index is 2.34. The summed E-state index contributed by atoms with van der Waals surface area (Å²) in [6.45, 7) is 8.57. The first-order valence-corrected chi connectivity index (χ1v) is 24.1. The summed E-state index contributed by atoms with van der Waals surface area (Å²) in [5.41, 5.74) is 23.4. The molecule has 0 fully saturated rings. The van der Waals surface area contributed by atoms with Crippen molar-refractivity contribution < 1.29 is 0 Å². The van der Waals surface area contributed by atoms with Crippen LogP contribution in [0, 0.1) is 27.7 Å². The van der Waals surface area contributed by atoms with Crippen LogP contribution in [0.2, 0.25) is 0 Å². The zero-order valence-electron chi connectivity index (χ0n) is 40.3. The third-order valence-corrected chi connectivity index (χ3v) is 12.9. The summed E-state index contributed by atoms with van der Waals surface area (Å²) in [7, 11) is 0. The molecule has 338 valence electrons. The Morgan fingerprint density at radius 3 is 0.900 bits per heavy atom. The SMILES string of the molecule is Cc1ccc(/C(=C/c2ccc(N(c3ccc(-c4ccc(N(c5ccc(/C=C(\c6ccccc6)c6ccc(C)cc6)cc5)c5cccc(C)c5)cc4)cc3)c3cccc(C)c3)cc2)c2ccccc2)cc1. The van der Waals surface area contributed by atoms with Gasteiger partial charge < -0.3 is 9.80 Å². The van der Waals surface area contributed by atoms with Gasteiger partial charge in [-0.05, 0) is 179 Å². The van der Waals surface area contributed by atoms with E-state index in [1.54, 1.807) is 0 Å². The number of aryl methyl sites for hydroxylation is 4. The molecule has 0 aliphatic rings. The van der Waals surface area contributed by atoms with Gasteiger partial charge in [-0.15, -0.1) is 0 Å². The van der Waals surface area contributed by atoms with E-state index in [0.717, 1.165) is 56.4 Å². The minimum atomic E-state index is 1.09. The number of benzene rings is 10. The lowest BCUT2D eigenvalue weighted by atomic mass is 9.95. The van der Waals surface area contributed by atoms with Gasteiger partial charge in [0.2, 0.25) is 0 Å². The van der Waals surface area contributed by atoms with Crippen LogP contribution >= 0.6 is 0 Å². The van der Waals surface area contributed by atoms with Crippen LogP contribution in [0.5, 0.6) is 0 Å². The minimum Gasteiger partial charge on any atom is -0.310 e. The van der Waals surface area contributed by atoms with E-state index in [4.69, 9.17) is 0 Å². The number of hydrogen-bond acceptors (Lipinski definition) is 2. The second-order valence-electron chi connectivity index (χ2n) is 18.2. The van der Waals surface area contributed by atoms with Crippen molar-refractivity contribution in [3.05, 3.63) is 310 Å². The van der Waals surface area contributed by atoms with E-state index in [1.165, 1.54) is 55.7 Å². The third-order valence-electron chi connectivity index (χ3n) is 12.9. The number of nitrogens with zero attached hydrogens (tertiary/aromatic N) is 2. The Balaban J connectivity index is 0.935. The fourth-order valence-electron chi connectivity index (χ4n) is 9.18. The van der Waals surface area contributed by atoms with E-state index in [-0.39, 0.29) is 0 Å². The molecule has 0 atom stereocenters. The fraction of sp³-hybridized carbons (Fsp3) is 0.0588. The molecule has 0 spiro atoms. The highest BCUT2D eigenvalue weighted by Crippen LogP contribution is 2.39. The van der Waals surface area contributed by atoms with Gasteiger partial charge in [-0.3, -0.25) is 0 Å².